The van der Waals surface area contributed by atoms with Gasteiger partial charge in [0.15, 0.2) is 0 Å². The van der Waals surface area contributed by atoms with Crippen molar-refractivity contribution in [1.29, 1.82) is 0 Å². The van der Waals surface area contributed by atoms with E-state index >= 15 is 0 Å². The Labute approximate surface area is 239 Å². The molecule has 1 N–H and O–H groups in total. The number of anilines is 1. The zero-order valence-corrected chi connectivity index (χ0v) is 24.5. The molecule has 3 aromatic rings. The van der Waals surface area contributed by atoms with Crippen LogP contribution in [0.4, 0.5) is 5.69 Å². The molecule has 0 aliphatic carbocycles. The lowest BCUT2D eigenvalue weighted by atomic mass is 10.0. The van der Waals surface area contributed by atoms with Crippen molar-refractivity contribution in [2.45, 2.75) is 25.9 Å². The number of aryl methyl sites for hydroxylation is 1. The minimum Gasteiger partial charge on any atom is -0.495 e. The predicted molar refractivity (Wildman–Crippen MR) is 155 cm³/mol. The number of hydrogen-bond acceptors (Lipinski definition) is 5. The summed E-state index contributed by atoms with van der Waals surface area (Å²) in [5, 5.41) is 3.26. The molecule has 11 heteroatoms. The minimum atomic E-state index is -3.94. The van der Waals surface area contributed by atoms with E-state index in [0.717, 1.165) is 21.7 Å². The van der Waals surface area contributed by atoms with Crippen molar-refractivity contribution >= 4 is 50.7 Å². The highest BCUT2D eigenvalue weighted by Gasteiger charge is 2.34. The quantitative estimate of drug-likeness (QED) is 0.355. The summed E-state index contributed by atoms with van der Waals surface area (Å²) in [5.41, 5.74) is 2.24. The van der Waals surface area contributed by atoms with E-state index in [-0.39, 0.29) is 24.4 Å². The molecule has 0 aliphatic heterocycles. The van der Waals surface area contributed by atoms with E-state index in [9.17, 15) is 18.0 Å². The molecule has 39 heavy (non-hydrogen) atoms. The second-order valence-corrected chi connectivity index (χ2v) is 11.7. The fourth-order valence-electron chi connectivity index (χ4n) is 4.16. The third kappa shape index (κ3) is 7.65. The van der Waals surface area contributed by atoms with Gasteiger partial charge in [0, 0.05) is 35.6 Å². The molecule has 0 fully saturated rings. The van der Waals surface area contributed by atoms with E-state index < -0.39 is 34.4 Å². The first-order chi connectivity index (χ1) is 18.5. The van der Waals surface area contributed by atoms with Crippen LogP contribution >= 0.6 is 23.2 Å². The Morgan fingerprint density at radius 2 is 1.64 bits per heavy atom. The van der Waals surface area contributed by atoms with Crippen LogP contribution in [0.25, 0.3) is 0 Å². The molecule has 8 nitrogen and oxygen atoms in total. The first-order valence-corrected chi connectivity index (χ1v) is 14.7. The number of nitrogens with one attached hydrogen (secondary N) is 1. The number of amides is 2. The van der Waals surface area contributed by atoms with Crippen molar-refractivity contribution in [2.75, 3.05) is 31.3 Å². The van der Waals surface area contributed by atoms with E-state index in [1.807, 2.05) is 30.3 Å². The summed E-state index contributed by atoms with van der Waals surface area (Å²) in [7, 11) is -1.04. The van der Waals surface area contributed by atoms with Crippen molar-refractivity contribution in [3.05, 3.63) is 93.5 Å². The molecule has 0 unspecified atom stereocenters. The molecule has 2 amide bonds. The zero-order valence-electron chi connectivity index (χ0n) is 22.1. The monoisotopic (exact) mass is 591 g/mol. The van der Waals surface area contributed by atoms with Crippen LogP contribution in [0.2, 0.25) is 10.0 Å². The molecule has 0 saturated heterocycles. The number of carbonyl (C=O) groups is 2. The summed E-state index contributed by atoms with van der Waals surface area (Å²) >= 11 is 12.9. The Bertz CT molecular complexity index is 1410. The van der Waals surface area contributed by atoms with Crippen LogP contribution in [-0.4, -0.2) is 58.1 Å². The topological polar surface area (TPSA) is 96.0 Å². The average molecular weight is 593 g/mol. The third-order valence-electron chi connectivity index (χ3n) is 6.19. The Kier molecular flexibility index (Phi) is 10.2. The van der Waals surface area contributed by atoms with Gasteiger partial charge in [-0.2, -0.15) is 0 Å². The van der Waals surface area contributed by atoms with Gasteiger partial charge in [0.25, 0.3) is 0 Å². The molecule has 0 aromatic heterocycles. The Morgan fingerprint density at radius 1 is 1.00 bits per heavy atom. The standard InChI is InChI=1S/C28H31Cl2N3O5S/c1-19-13-14-26(38-3)24(15-19)33(39(4,36)37)18-27(34)32(17-21-22(29)11-8-12-23(21)30)25(28(35)31-2)16-20-9-6-5-7-10-20/h5-15,25H,16-18H2,1-4H3,(H,31,35)/t25-/m0/s1. The van der Waals surface area contributed by atoms with Gasteiger partial charge in [-0.1, -0.05) is 65.7 Å². The predicted octanol–water partition coefficient (Wildman–Crippen LogP) is 4.46. The number of sulfonamides is 1. The highest BCUT2D eigenvalue weighted by molar-refractivity contribution is 7.92. The van der Waals surface area contributed by atoms with Gasteiger partial charge in [-0.15, -0.1) is 0 Å². The fraction of sp³-hybridized carbons (Fsp3) is 0.286. The Morgan fingerprint density at radius 3 is 2.21 bits per heavy atom. The lowest BCUT2D eigenvalue weighted by Crippen LogP contribution is -2.53. The number of carbonyl (C=O) groups excluding carboxylic acids is 2. The molecule has 0 saturated carbocycles. The zero-order chi connectivity index (χ0) is 28.7. The lowest BCUT2D eigenvalue weighted by Gasteiger charge is -2.34. The summed E-state index contributed by atoms with van der Waals surface area (Å²) in [6, 6.07) is 18.2. The molecule has 0 spiro atoms. The van der Waals surface area contributed by atoms with Crippen molar-refractivity contribution in [3.8, 4) is 5.75 Å². The second kappa shape index (κ2) is 13.2. The highest BCUT2D eigenvalue weighted by Crippen LogP contribution is 2.32. The van der Waals surface area contributed by atoms with Gasteiger partial charge in [0.1, 0.15) is 18.3 Å². The molecule has 1 atom stereocenters. The first kappa shape index (κ1) is 30.3. The summed E-state index contributed by atoms with van der Waals surface area (Å²) < 4.78 is 32.3. The Balaban J connectivity index is 2.12. The van der Waals surface area contributed by atoms with E-state index in [0.29, 0.717) is 15.6 Å². The van der Waals surface area contributed by atoms with Gasteiger partial charge in [-0.05, 0) is 42.3 Å². The number of ether oxygens (including phenoxy) is 1. The summed E-state index contributed by atoms with van der Waals surface area (Å²) in [4.78, 5) is 28.6. The summed E-state index contributed by atoms with van der Waals surface area (Å²) in [5.74, 6) is -0.759. The van der Waals surface area contributed by atoms with Crippen LogP contribution in [0.1, 0.15) is 16.7 Å². The number of benzene rings is 3. The maximum atomic E-state index is 14.1. The van der Waals surface area contributed by atoms with Gasteiger partial charge in [0.05, 0.1) is 19.1 Å². The SMILES string of the molecule is CNC(=O)[C@H](Cc1ccccc1)N(Cc1c(Cl)cccc1Cl)C(=O)CN(c1cc(C)ccc1OC)S(C)(=O)=O. The molecule has 0 heterocycles. The van der Waals surface area contributed by atoms with E-state index in [2.05, 4.69) is 5.32 Å². The molecule has 0 radical (unpaired) electrons. The fourth-order valence-corrected chi connectivity index (χ4v) is 5.53. The molecule has 0 bridgehead atoms. The molecule has 3 aromatic carbocycles. The first-order valence-electron chi connectivity index (χ1n) is 12.1. The third-order valence-corrected chi connectivity index (χ3v) is 8.02. The molecular formula is C28H31Cl2N3O5S. The lowest BCUT2D eigenvalue weighted by molar-refractivity contribution is -0.139. The number of likely N-dealkylation sites (N-methyl/N-ethyl adjacent to an activating group) is 1. The summed E-state index contributed by atoms with van der Waals surface area (Å²) in [6.45, 7) is 1.10. The molecule has 3 rings (SSSR count). The van der Waals surface area contributed by atoms with Gasteiger partial charge in [-0.3, -0.25) is 13.9 Å². The maximum absolute atomic E-state index is 14.1. The summed E-state index contributed by atoms with van der Waals surface area (Å²) in [6.07, 6.45) is 1.19. The van der Waals surface area contributed by atoms with Crippen molar-refractivity contribution in [2.24, 2.45) is 0 Å². The van der Waals surface area contributed by atoms with Crippen LogP contribution in [0.3, 0.4) is 0 Å². The van der Waals surface area contributed by atoms with E-state index in [1.54, 1.807) is 43.3 Å². The Hall–Kier alpha value is -3.27. The average Bonchev–Trinajstić information content (AvgIpc) is 2.90. The second-order valence-electron chi connectivity index (χ2n) is 8.99. The van der Waals surface area contributed by atoms with Crippen molar-refractivity contribution < 1.29 is 22.7 Å². The largest absolute Gasteiger partial charge is 0.495 e. The molecular weight excluding hydrogens is 561 g/mol. The highest BCUT2D eigenvalue weighted by atomic mass is 35.5. The van der Waals surface area contributed by atoms with Crippen LogP contribution in [0.5, 0.6) is 5.75 Å². The number of hydrogen-bond donors (Lipinski definition) is 1. The number of methoxy groups -OCH3 is 1. The van der Waals surface area contributed by atoms with Gasteiger partial charge < -0.3 is 15.0 Å². The molecule has 0 aliphatic rings. The number of halogens is 2. The van der Waals surface area contributed by atoms with Crippen molar-refractivity contribution in [1.82, 2.24) is 10.2 Å². The van der Waals surface area contributed by atoms with Crippen LogP contribution in [0.15, 0.2) is 66.7 Å². The number of rotatable bonds is 11. The van der Waals surface area contributed by atoms with E-state index in [1.165, 1.54) is 19.1 Å². The smallest absolute Gasteiger partial charge is 0.244 e. The van der Waals surface area contributed by atoms with Crippen LogP contribution in [0, 0.1) is 6.92 Å². The van der Waals surface area contributed by atoms with Crippen LogP contribution in [-0.2, 0) is 32.6 Å². The number of nitrogens with zero attached hydrogens (tertiary/aromatic N) is 2. The normalized spacial score (nSPS) is 11.9. The van der Waals surface area contributed by atoms with Gasteiger partial charge >= 0.3 is 0 Å². The van der Waals surface area contributed by atoms with E-state index in [4.69, 9.17) is 27.9 Å². The van der Waals surface area contributed by atoms with Gasteiger partial charge in [0.2, 0.25) is 21.8 Å². The maximum Gasteiger partial charge on any atom is 0.244 e. The minimum absolute atomic E-state index is 0.120. The van der Waals surface area contributed by atoms with Gasteiger partial charge in [-0.25, -0.2) is 8.42 Å². The van der Waals surface area contributed by atoms with Crippen molar-refractivity contribution in [3.63, 3.8) is 0 Å². The molecule has 208 valence electrons. The van der Waals surface area contributed by atoms with Crippen LogP contribution < -0.4 is 14.4 Å².